The molecule has 0 saturated carbocycles. The summed E-state index contributed by atoms with van der Waals surface area (Å²) in [5.74, 6) is -0.973. The Morgan fingerprint density at radius 2 is 1.89 bits per heavy atom. The number of carbonyl (C=O) groups is 2. The van der Waals surface area contributed by atoms with Crippen molar-refractivity contribution in [2.45, 2.75) is 6.54 Å². The van der Waals surface area contributed by atoms with Crippen LogP contribution in [0.2, 0.25) is 0 Å². The highest BCUT2D eigenvalue weighted by Crippen LogP contribution is 2.46. The molecule has 0 aromatic heterocycles. The van der Waals surface area contributed by atoms with Crippen LogP contribution in [0.5, 0.6) is 11.5 Å². The second kappa shape index (κ2) is 7.53. The zero-order valence-electron chi connectivity index (χ0n) is 15.0. The fraction of sp³-hybridized carbons (Fsp3) is 0.263. The van der Waals surface area contributed by atoms with Crippen molar-refractivity contribution in [2.24, 2.45) is 0 Å². The molecule has 1 aliphatic rings. The first kappa shape index (κ1) is 18.5. The van der Waals surface area contributed by atoms with E-state index in [1.165, 1.54) is 24.1 Å². The molecular weight excluding hydrogens is 353 g/mol. The van der Waals surface area contributed by atoms with Gasteiger partial charge in [0.1, 0.15) is 17.2 Å². The quantitative estimate of drug-likeness (QED) is 0.551. The summed E-state index contributed by atoms with van der Waals surface area (Å²) in [5.41, 5.74) is 1.33. The molecule has 0 bridgehead atoms. The van der Waals surface area contributed by atoms with Crippen LogP contribution in [-0.4, -0.2) is 49.4 Å². The summed E-state index contributed by atoms with van der Waals surface area (Å²) in [7, 11) is 2.95. The fourth-order valence-electron chi connectivity index (χ4n) is 3.11. The van der Waals surface area contributed by atoms with E-state index >= 15 is 0 Å². The molecule has 3 N–H and O–H groups in total. The van der Waals surface area contributed by atoms with E-state index in [2.05, 4.69) is 10.6 Å². The van der Waals surface area contributed by atoms with Gasteiger partial charge in [0.2, 0.25) is 0 Å². The maximum absolute atomic E-state index is 13.1. The highest BCUT2D eigenvalue weighted by atomic mass is 19.1. The van der Waals surface area contributed by atoms with Crippen LogP contribution >= 0.6 is 0 Å². The Labute approximate surface area is 155 Å². The molecule has 1 heterocycles. The first-order chi connectivity index (χ1) is 13.0. The SMILES string of the molecule is COc1c2c(c(O)c(C=O)c1C(=O)N(C)Cc1ccc(F)cc1)NCCN2. The summed E-state index contributed by atoms with van der Waals surface area (Å²) in [6, 6.07) is 5.77. The zero-order chi connectivity index (χ0) is 19.6. The van der Waals surface area contributed by atoms with E-state index in [4.69, 9.17) is 4.74 Å². The van der Waals surface area contributed by atoms with Gasteiger partial charge < -0.3 is 25.4 Å². The van der Waals surface area contributed by atoms with Crippen LogP contribution < -0.4 is 15.4 Å². The van der Waals surface area contributed by atoms with Crippen LogP contribution in [0.25, 0.3) is 0 Å². The molecule has 0 atom stereocenters. The zero-order valence-corrected chi connectivity index (χ0v) is 15.0. The van der Waals surface area contributed by atoms with E-state index in [1.54, 1.807) is 19.2 Å². The number of phenolic OH excluding ortho intramolecular Hbond substituents is 1. The maximum atomic E-state index is 13.1. The van der Waals surface area contributed by atoms with E-state index in [0.29, 0.717) is 30.8 Å². The minimum Gasteiger partial charge on any atom is -0.505 e. The predicted octanol–water partition coefficient (Wildman–Crippen LogP) is 2.46. The monoisotopic (exact) mass is 373 g/mol. The van der Waals surface area contributed by atoms with E-state index in [9.17, 15) is 19.1 Å². The molecule has 7 nitrogen and oxygen atoms in total. The highest BCUT2D eigenvalue weighted by Gasteiger charge is 2.31. The molecule has 1 aliphatic heterocycles. The molecule has 142 valence electrons. The standard InChI is InChI=1S/C19H20FN3O4/c1-23(9-11-3-5-12(20)6-4-11)19(26)14-13(10-24)17(25)15-16(18(14)27-2)22-8-7-21-15/h3-6,10,21-22,25H,7-9H2,1-2H3. The second-order valence-electron chi connectivity index (χ2n) is 6.18. The number of benzene rings is 2. The number of rotatable bonds is 5. The summed E-state index contributed by atoms with van der Waals surface area (Å²) in [6.45, 7) is 1.33. The molecule has 0 unspecified atom stereocenters. The molecule has 2 aromatic rings. The largest absolute Gasteiger partial charge is 0.505 e. The van der Waals surface area contributed by atoms with Gasteiger partial charge in [-0.05, 0) is 17.7 Å². The molecule has 8 heteroatoms. The number of nitrogens with one attached hydrogen (secondary N) is 2. The third kappa shape index (κ3) is 3.38. The number of ether oxygens (including phenoxy) is 1. The number of aromatic hydroxyl groups is 1. The Morgan fingerprint density at radius 3 is 2.48 bits per heavy atom. The number of amides is 1. The van der Waals surface area contributed by atoms with Gasteiger partial charge in [0, 0.05) is 26.7 Å². The van der Waals surface area contributed by atoms with Crippen molar-refractivity contribution < 1.29 is 23.8 Å². The van der Waals surface area contributed by atoms with Gasteiger partial charge in [0.15, 0.2) is 17.8 Å². The van der Waals surface area contributed by atoms with Crippen LogP contribution in [0.3, 0.4) is 0 Å². The van der Waals surface area contributed by atoms with Gasteiger partial charge in [0.05, 0.1) is 18.2 Å². The van der Waals surface area contributed by atoms with Crippen LogP contribution in [0, 0.1) is 5.82 Å². The topological polar surface area (TPSA) is 90.9 Å². The number of halogens is 1. The molecule has 27 heavy (non-hydrogen) atoms. The number of fused-ring (bicyclic) bond motifs is 1. The fourth-order valence-corrected chi connectivity index (χ4v) is 3.11. The predicted molar refractivity (Wildman–Crippen MR) is 99.2 cm³/mol. The van der Waals surface area contributed by atoms with Gasteiger partial charge in [-0.2, -0.15) is 0 Å². The number of nitrogens with zero attached hydrogens (tertiary/aromatic N) is 1. The Balaban J connectivity index is 2.03. The number of hydrogen-bond donors (Lipinski definition) is 3. The van der Waals surface area contributed by atoms with Crippen molar-refractivity contribution in [2.75, 3.05) is 37.9 Å². The molecule has 3 rings (SSSR count). The molecule has 0 aliphatic carbocycles. The van der Waals surface area contributed by atoms with Crippen LogP contribution in [-0.2, 0) is 6.54 Å². The average Bonchev–Trinajstić information content (AvgIpc) is 2.69. The minimum absolute atomic E-state index is 0.0236. The highest BCUT2D eigenvalue weighted by molar-refractivity contribution is 6.10. The lowest BCUT2D eigenvalue weighted by molar-refractivity contribution is 0.0778. The number of methoxy groups -OCH3 is 1. The molecular formula is C19H20FN3O4. The Morgan fingerprint density at radius 1 is 1.26 bits per heavy atom. The van der Waals surface area contributed by atoms with Crippen LogP contribution in [0.15, 0.2) is 24.3 Å². The van der Waals surface area contributed by atoms with Gasteiger partial charge in [-0.15, -0.1) is 0 Å². The van der Waals surface area contributed by atoms with Crippen molar-refractivity contribution in [1.29, 1.82) is 0 Å². The average molecular weight is 373 g/mol. The van der Waals surface area contributed by atoms with Crippen molar-refractivity contribution in [3.8, 4) is 11.5 Å². The van der Waals surface area contributed by atoms with Gasteiger partial charge in [-0.25, -0.2) is 4.39 Å². The van der Waals surface area contributed by atoms with E-state index in [1.807, 2.05) is 0 Å². The van der Waals surface area contributed by atoms with Crippen molar-refractivity contribution >= 4 is 23.6 Å². The van der Waals surface area contributed by atoms with Crippen LogP contribution in [0.1, 0.15) is 26.3 Å². The van der Waals surface area contributed by atoms with Crippen molar-refractivity contribution in [1.82, 2.24) is 4.90 Å². The number of carbonyl (C=O) groups excluding carboxylic acids is 2. The minimum atomic E-state index is -0.497. The molecule has 1 amide bonds. The van der Waals surface area contributed by atoms with Crippen molar-refractivity contribution in [3.05, 3.63) is 46.8 Å². The van der Waals surface area contributed by atoms with Gasteiger partial charge in [-0.1, -0.05) is 12.1 Å². The number of phenols is 1. The lowest BCUT2D eigenvalue weighted by atomic mass is 10.00. The summed E-state index contributed by atoms with van der Waals surface area (Å²) in [6.07, 6.45) is 0.438. The Kier molecular flexibility index (Phi) is 5.16. The first-order valence-corrected chi connectivity index (χ1v) is 8.37. The Bertz CT molecular complexity index is 884. The summed E-state index contributed by atoms with van der Waals surface area (Å²) in [5, 5.41) is 16.6. The summed E-state index contributed by atoms with van der Waals surface area (Å²) < 4.78 is 18.5. The molecule has 0 radical (unpaired) electrons. The molecule has 0 spiro atoms. The first-order valence-electron chi connectivity index (χ1n) is 8.37. The van der Waals surface area contributed by atoms with E-state index < -0.39 is 5.91 Å². The lowest BCUT2D eigenvalue weighted by Gasteiger charge is -2.27. The molecule has 0 fully saturated rings. The summed E-state index contributed by atoms with van der Waals surface area (Å²) in [4.78, 5) is 26.1. The van der Waals surface area contributed by atoms with Gasteiger partial charge in [-0.3, -0.25) is 9.59 Å². The number of hydrogen-bond acceptors (Lipinski definition) is 6. The number of anilines is 2. The van der Waals surface area contributed by atoms with Gasteiger partial charge >= 0.3 is 0 Å². The second-order valence-corrected chi connectivity index (χ2v) is 6.18. The summed E-state index contributed by atoms with van der Waals surface area (Å²) >= 11 is 0. The van der Waals surface area contributed by atoms with Crippen molar-refractivity contribution in [3.63, 3.8) is 0 Å². The van der Waals surface area contributed by atoms with Gasteiger partial charge in [0.25, 0.3) is 5.91 Å². The molecule has 0 saturated heterocycles. The van der Waals surface area contributed by atoms with E-state index in [0.717, 1.165) is 5.56 Å². The third-order valence-electron chi connectivity index (χ3n) is 4.41. The maximum Gasteiger partial charge on any atom is 0.258 e. The third-order valence-corrected chi connectivity index (χ3v) is 4.41. The lowest BCUT2D eigenvalue weighted by Crippen LogP contribution is -2.29. The Hall–Kier alpha value is -3.29. The van der Waals surface area contributed by atoms with Crippen LogP contribution in [0.4, 0.5) is 15.8 Å². The normalized spacial score (nSPS) is 12.4. The number of aldehydes is 1. The van der Waals surface area contributed by atoms with E-state index in [-0.39, 0.29) is 35.0 Å². The molecule has 2 aromatic carbocycles. The smallest absolute Gasteiger partial charge is 0.258 e.